The highest BCUT2D eigenvalue weighted by Crippen LogP contribution is 2.30. The number of hydroxylamine groups is 1. The molecule has 0 spiro atoms. The number of hydrogen-bond donors (Lipinski definition) is 1. The van der Waals surface area contributed by atoms with E-state index in [4.69, 9.17) is 44.4 Å². The van der Waals surface area contributed by atoms with Crippen LogP contribution in [0.25, 0.3) is 0 Å². The first kappa shape index (κ1) is 17.2. The molecule has 0 unspecified atom stereocenters. The highest BCUT2D eigenvalue weighted by molar-refractivity contribution is 6.59. The van der Waals surface area contributed by atoms with Crippen LogP contribution < -0.4 is 10.2 Å². The molecule has 0 aromatic carbocycles. The summed E-state index contributed by atoms with van der Waals surface area (Å²) in [4.78, 5) is 8.43. The standard InChI is InChI=1S/C10H8Cl3F3N2O2/c11-8(12)9(13)18-20-4-3-19-7-5-6(1-2-17-7)10(14,15)16/h1-2,5,18H,3-4H2. The number of alkyl halides is 3. The van der Waals surface area contributed by atoms with Crippen molar-refractivity contribution in [2.24, 2.45) is 0 Å². The Hall–Kier alpha value is -0.890. The third kappa shape index (κ3) is 6.04. The van der Waals surface area contributed by atoms with Crippen LogP contribution >= 0.6 is 34.8 Å². The molecule has 1 heterocycles. The van der Waals surface area contributed by atoms with E-state index in [0.717, 1.165) is 18.3 Å². The fourth-order valence-electron chi connectivity index (χ4n) is 1.01. The highest BCUT2D eigenvalue weighted by Gasteiger charge is 2.30. The first-order chi connectivity index (χ1) is 9.30. The Balaban J connectivity index is 2.38. The normalized spacial score (nSPS) is 11.1. The van der Waals surface area contributed by atoms with Crippen molar-refractivity contribution in [1.29, 1.82) is 0 Å². The summed E-state index contributed by atoms with van der Waals surface area (Å²) in [7, 11) is 0. The van der Waals surface area contributed by atoms with Crippen LogP contribution in [0.5, 0.6) is 5.88 Å². The molecule has 1 N–H and O–H groups in total. The fourth-order valence-corrected chi connectivity index (χ4v) is 1.14. The van der Waals surface area contributed by atoms with Gasteiger partial charge in [0.2, 0.25) is 5.88 Å². The molecule has 0 bridgehead atoms. The smallest absolute Gasteiger partial charge is 0.416 e. The quantitative estimate of drug-likeness (QED) is 0.480. The average molecular weight is 352 g/mol. The van der Waals surface area contributed by atoms with E-state index in [0.29, 0.717) is 0 Å². The molecule has 10 heteroatoms. The van der Waals surface area contributed by atoms with Gasteiger partial charge in [-0.05, 0) is 6.07 Å². The molecule has 0 aliphatic heterocycles. The molecule has 0 radical (unpaired) electrons. The number of nitrogens with zero attached hydrogens (tertiary/aromatic N) is 1. The van der Waals surface area contributed by atoms with Gasteiger partial charge in [-0.2, -0.15) is 13.2 Å². The van der Waals surface area contributed by atoms with Crippen molar-refractivity contribution >= 4 is 34.8 Å². The molecule has 0 aliphatic rings. The molecule has 0 saturated carbocycles. The monoisotopic (exact) mass is 350 g/mol. The highest BCUT2D eigenvalue weighted by atomic mass is 35.5. The second-order valence-corrected chi connectivity index (χ2v) is 4.58. The van der Waals surface area contributed by atoms with E-state index in [1.165, 1.54) is 0 Å². The minimum absolute atomic E-state index is 0.0186. The van der Waals surface area contributed by atoms with Gasteiger partial charge in [0, 0.05) is 12.3 Å². The number of rotatable bonds is 6. The van der Waals surface area contributed by atoms with Crippen LogP contribution in [0.4, 0.5) is 13.2 Å². The Morgan fingerprint density at radius 3 is 2.55 bits per heavy atom. The molecule has 4 nitrogen and oxygen atoms in total. The molecule has 1 aromatic heterocycles. The Bertz CT molecular complexity index is 479. The lowest BCUT2D eigenvalue weighted by molar-refractivity contribution is -0.137. The Labute approximate surface area is 127 Å². The SMILES string of the molecule is FC(F)(F)c1ccnc(OCCONC(Cl)=C(Cl)Cl)c1. The average Bonchev–Trinajstić information content (AvgIpc) is 2.37. The number of pyridine rings is 1. The summed E-state index contributed by atoms with van der Waals surface area (Å²) in [5.74, 6) is -0.166. The van der Waals surface area contributed by atoms with Gasteiger partial charge in [-0.25, -0.2) is 4.98 Å². The van der Waals surface area contributed by atoms with E-state index in [1.807, 2.05) is 0 Å². The van der Waals surface area contributed by atoms with Crippen molar-refractivity contribution < 1.29 is 22.7 Å². The minimum Gasteiger partial charge on any atom is -0.475 e. The maximum Gasteiger partial charge on any atom is 0.416 e. The van der Waals surface area contributed by atoms with E-state index in [9.17, 15) is 13.2 Å². The van der Waals surface area contributed by atoms with Gasteiger partial charge in [0.15, 0.2) is 5.16 Å². The van der Waals surface area contributed by atoms with Gasteiger partial charge in [-0.1, -0.05) is 34.8 Å². The van der Waals surface area contributed by atoms with Gasteiger partial charge in [0.1, 0.15) is 17.7 Å². The van der Waals surface area contributed by atoms with Gasteiger partial charge in [-0.3, -0.25) is 10.3 Å². The maximum absolute atomic E-state index is 12.4. The lowest BCUT2D eigenvalue weighted by Gasteiger charge is -2.09. The largest absolute Gasteiger partial charge is 0.475 e. The third-order valence-electron chi connectivity index (χ3n) is 1.83. The van der Waals surface area contributed by atoms with Gasteiger partial charge in [-0.15, -0.1) is 0 Å². The summed E-state index contributed by atoms with van der Waals surface area (Å²) in [5.41, 5.74) is 1.36. The molecular weight excluding hydrogens is 343 g/mol. The molecule has 0 fully saturated rings. The van der Waals surface area contributed by atoms with Crippen molar-refractivity contribution in [3.63, 3.8) is 0 Å². The van der Waals surface area contributed by atoms with Crippen molar-refractivity contribution in [2.45, 2.75) is 6.18 Å². The molecule has 112 valence electrons. The van der Waals surface area contributed by atoms with Crippen molar-refractivity contribution in [3.05, 3.63) is 33.5 Å². The van der Waals surface area contributed by atoms with Gasteiger partial charge in [0.25, 0.3) is 0 Å². The first-order valence-electron chi connectivity index (χ1n) is 5.05. The number of aromatic nitrogens is 1. The summed E-state index contributed by atoms with van der Waals surface area (Å²) in [6, 6.07) is 1.63. The molecule has 1 rings (SSSR count). The van der Waals surface area contributed by atoms with Crippen molar-refractivity contribution in [3.8, 4) is 5.88 Å². The molecule has 0 aliphatic carbocycles. The summed E-state index contributed by atoms with van der Waals surface area (Å²) in [5, 5.41) is -0.120. The number of halogens is 6. The van der Waals surface area contributed by atoms with Gasteiger partial charge < -0.3 is 4.74 Å². The van der Waals surface area contributed by atoms with Gasteiger partial charge >= 0.3 is 6.18 Å². The zero-order valence-electron chi connectivity index (χ0n) is 9.68. The van der Waals surface area contributed by atoms with Crippen LogP contribution in [-0.4, -0.2) is 18.2 Å². The zero-order valence-corrected chi connectivity index (χ0v) is 11.9. The summed E-state index contributed by atoms with van der Waals surface area (Å²) in [6.45, 7) is -0.0689. The second-order valence-electron chi connectivity index (χ2n) is 3.25. The second kappa shape index (κ2) is 7.78. The Morgan fingerprint density at radius 1 is 1.25 bits per heavy atom. The topological polar surface area (TPSA) is 43.4 Å². The minimum atomic E-state index is -4.45. The molecular formula is C10H8Cl3F3N2O2. The van der Waals surface area contributed by atoms with E-state index < -0.39 is 11.7 Å². The predicted molar refractivity (Wildman–Crippen MR) is 68.4 cm³/mol. The van der Waals surface area contributed by atoms with Crippen LogP contribution in [0.3, 0.4) is 0 Å². The molecule has 0 atom stereocenters. The first-order valence-corrected chi connectivity index (χ1v) is 6.18. The Kier molecular flexibility index (Phi) is 6.67. The summed E-state index contributed by atoms with van der Waals surface area (Å²) >= 11 is 16.1. The zero-order chi connectivity index (χ0) is 15.2. The van der Waals surface area contributed by atoms with E-state index >= 15 is 0 Å². The predicted octanol–water partition coefficient (Wildman–Crippen LogP) is 3.84. The van der Waals surface area contributed by atoms with Crippen LogP contribution in [-0.2, 0) is 11.0 Å². The fraction of sp³-hybridized carbons (Fsp3) is 0.300. The molecule has 1 aromatic rings. The van der Waals surface area contributed by atoms with E-state index in [-0.39, 0.29) is 28.7 Å². The van der Waals surface area contributed by atoms with Crippen LogP contribution in [0.1, 0.15) is 5.56 Å². The maximum atomic E-state index is 12.4. The Morgan fingerprint density at radius 2 is 1.95 bits per heavy atom. The number of nitrogens with one attached hydrogen (secondary N) is 1. The molecule has 0 saturated heterocycles. The molecule has 20 heavy (non-hydrogen) atoms. The number of ether oxygens (including phenoxy) is 1. The lowest BCUT2D eigenvalue weighted by atomic mass is 10.2. The van der Waals surface area contributed by atoms with Crippen LogP contribution in [0.15, 0.2) is 28.0 Å². The summed E-state index contributed by atoms with van der Waals surface area (Å²) < 4.78 is 42.0. The van der Waals surface area contributed by atoms with Crippen molar-refractivity contribution in [1.82, 2.24) is 10.5 Å². The number of hydrogen-bond acceptors (Lipinski definition) is 4. The lowest BCUT2D eigenvalue weighted by Crippen LogP contribution is -2.17. The summed E-state index contributed by atoms with van der Waals surface area (Å²) in [6.07, 6.45) is -3.45. The van der Waals surface area contributed by atoms with Crippen LogP contribution in [0, 0.1) is 0 Å². The van der Waals surface area contributed by atoms with E-state index in [2.05, 4.69) is 10.5 Å². The van der Waals surface area contributed by atoms with Gasteiger partial charge in [0.05, 0.1) is 5.56 Å². The van der Waals surface area contributed by atoms with Crippen molar-refractivity contribution in [2.75, 3.05) is 13.2 Å². The van der Waals surface area contributed by atoms with E-state index in [1.54, 1.807) is 0 Å². The third-order valence-corrected chi connectivity index (χ3v) is 2.66. The molecule has 0 amide bonds. The van der Waals surface area contributed by atoms with Crippen LogP contribution in [0.2, 0.25) is 0 Å².